The Kier molecular flexibility index (Phi) is 6.08. The lowest BCUT2D eigenvalue weighted by atomic mass is 9.99. The molecule has 1 atom stereocenters. The van der Waals surface area contributed by atoms with Crippen molar-refractivity contribution in [1.82, 2.24) is 49.0 Å². The summed E-state index contributed by atoms with van der Waals surface area (Å²) in [5.74, 6) is 1.34. The summed E-state index contributed by atoms with van der Waals surface area (Å²) < 4.78 is 4.61. The highest BCUT2D eigenvalue weighted by Crippen LogP contribution is 2.34. The van der Waals surface area contributed by atoms with Crippen LogP contribution >= 0.6 is 0 Å². The minimum atomic E-state index is -0.357. The van der Waals surface area contributed by atoms with E-state index in [1.54, 1.807) is 6.20 Å². The molecule has 0 saturated heterocycles. The second-order valence-electron chi connectivity index (χ2n) is 9.39. The minimum absolute atomic E-state index is 0.0788. The number of fused-ring (bicyclic) bond motifs is 2. The Balaban J connectivity index is 1.39. The van der Waals surface area contributed by atoms with Gasteiger partial charge in [-0.1, -0.05) is 30.3 Å². The molecule has 0 aliphatic heterocycles. The molecule has 39 heavy (non-hydrogen) atoms. The lowest BCUT2D eigenvalue weighted by Crippen LogP contribution is -2.30. The molecule has 0 aliphatic rings. The van der Waals surface area contributed by atoms with E-state index in [0.29, 0.717) is 30.2 Å². The summed E-state index contributed by atoms with van der Waals surface area (Å²) in [6, 6.07) is 15.4. The number of anilines is 1. The first-order valence-corrected chi connectivity index (χ1v) is 12.6. The predicted octanol–water partition coefficient (Wildman–Crippen LogP) is 2.61. The summed E-state index contributed by atoms with van der Waals surface area (Å²) in [6.07, 6.45) is 3.54. The van der Waals surface area contributed by atoms with Crippen LogP contribution in [0.5, 0.6) is 0 Å². The van der Waals surface area contributed by atoms with E-state index < -0.39 is 0 Å². The second-order valence-corrected chi connectivity index (χ2v) is 9.39. The van der Waals surface area contributed by atoms with Crippen molar-refractivity contribution in [3.63, 3.8) is 0 Å². The third-order valence-electron chi connectivity index (χ3n) is 6.55. The molecule has 0 saturated carbocycles. The topological polar surface area (TPSA) is 146 Å². The number of hydrogen-bond donors (Lipinski definition) is 2. The first-order chi connectivity index (χ1) is 18.9. The Bertz CT molecular complexity index is 1850. The van der Waals surface area contributed by atoms with Crippen LogP contribution in [-0.4, -0.2) is 50.3 Å². The largest absolute Gasteiger partial charge is 0.369 e. The summed E-state index contributed by atoms with van der Waals surface area (Å²) in [5, 5.41) is 16.5. The highest BCUT2D eigenvalue weighted by molar-refractivity contribution is 5.90. The highest BCUT2D eigenvalue weighted by Gasteiger charge is 2.22. The molecule has 6 aromatic rings. The van der Waals surface area contributed by atoms with E-state index in [1.807, 2.05) is 79.9 Å². The molecule has 196 valence electrons. The highest BCUT2D eigenvalue weighted by atomic mass is 16.2. The van der Waals surface area contributed by atoms with Crippen molar-refractivity contribution >= 4 is 17.4 Å². The second kappa shape index (κ2) is 9.72. The Hall–Kier alpha value is -4.97. The van der Waals surface area contributed by atoms with Crippen molar-refractivity contribution < 1.29 is 0 Å². The van der Waals surface area contributed by atoms with E-state index in [0.717, 1.165) is 33.9 Å². The molecule has 0 amide bonds. The molecule has 5 aromatic heterocycles. The maximum absolute atomic E-state index is 13.5. The van der Waals surface area contributed by atoms with E-state index in [2.05, 4.69) is 30.5 Å². The molecule has 3 N–H and O–H groups in total. The molecule has 1 aromatic carbocycles. The molecule has 6 rings (SSSR count). The summed E-state index contributed by atoms with van der Waals surface area (Å²) in [6.45, 7) is 6.63. The molecule has 1 unspecified atom stereocenters. The van der Waals surface area contributed by atoms with Gasteiger partial charge in [0.05, 0.1) is 23.8 Å². The van der Waals surface area contributed by atoms with Gasteiger partial charge >= 0.3 is 5.69 Å². The van der Waals surface area contributed by atoms with Gasteiger partial charge in [-0.05, 0) is 44.5 Å². The van der Waals surface area contributed by atoms with Crippen molar-refractivity contribution in [2.24, 2.45) is 0 Å². The average molecular weight is 522 g/mol. The van der Waals surface area contributed by atoms with Crippen LogP contribution in [0.1, 0.15) is 30.2 Å². The lowest BCUT2D eigenvalue weighted by molar-refractivity contribution is 0.484. The third kappa shape index (κ3) is 4.40. The van der Waals surface area contributed by atoms with Gasteiger partial charge in [0, 0.05) is 35.9 Å². The molecule has 12 heteroatoms. The van der Waals surface area contributed by atoms with Crippen molar-refractivity contribution in [3.8, 4) is 22.4 Å². The number of benzene rings is 1. The van der Waals surface area contributed by atoms with Crippen molar-refractivity contribution in [2.75, 3.05) is 12.3 Å². The number of pyridine rings is 1. The summed E-state index contributed by atoms with van der Waals surface area (Å²) in [7, 11) is 0. The van der Waals surface area contributed by atoms with Crippen LogP contribution in [0, 0.1) is 13.8 Å². The van der Waals surface area contributed by atoms with E-state index in [-0.39, 0.29) is 17.7 Å². The number of aryl methyl sites for hydroxylation is 2. The number of nitrogens with zero attached hydrogens (tertiary/aromatic N) is 9. The molecule has 0 radical (unpaired) electrons. The first kappa shape index (κ1) is 24.4. The van der Waals surface area contributed by atoms with Crippen LogP contribution in [0.2, 0.25) is 0 Å². The van der Waals surface area contributed by atoms with Gasteiger partial charge in [0.1, 0.15) is 0 Å². The van der Waals surface area contributed by atoms with Crippen molar-refractivity contribution in [1.29, 1.82) is 0 Å². The van der Waals surface area contributed by atoms with Crippen LogP contribution in [0.25, 0.3) is 33.8 Å². The fraction of sp³-hybridized carbons (Fsp3) is 0.222. The lowest BCUT2D eigenvalue weighted by Gasteiger charge is -2.13. The van der Waals surface area contributed by atoms with Crippen LogP contribution in [-0.2, 0) is 6.54 Å². The van der Waals surface area contributed by atoms with Gasteiger partial charge in [-0.15, -0.1) is 15.3 Å². The molecule has 0 aliphatic carbocycles. The normalized spacial score (nSPS) is 12.4. The third-order valence-corrected chi connectivity index (χ3v) is 6.55. The van der Waals surface area contributed by atoms with Crippen LogP contribution in [0.15, 0.2) is 65.7 Å². The van der Waals surface area contributed by atoms with Gasteiger partial charge in [-0.2, -0.15) is 0 Å². The van der Waals surface area contributed by atoms with Gasteiger partial charge in [0.2, 0.25) is 5.95 Å². The molecular weight excluding hydrogens is 494 g/mol. The standard InChI is InChI=1S/C27H27N11O/c1-16-14-20(15-17(2)31-16)21-22(19-8-5-4-6-9-19)32-25(28)38-24(21)35-37(27(38)39)13-11-29-18(3)23-33-34-26-30-10-7-12-36(23)26/h4-10,12,14-15,18,29H,11,13H2,1-3H3,(H2,28,32). The van der Waals surface area contributed by atoms with E-state index in [1.165, 1.54) is 9.08 Å². The zero-order valence-corrected chi connectivity index (χ0v) is 21.8. The van der Waals surface area contributed by atoms with Gasteiger partial charge < -0.3 is 11.1 Å². The van der Waals surface area contributed by atoms with Gasteiger partial charge in [0.25, 0.3) is 5.78 Å². The first-order valence-electron chi connectivity index (χ1n) is 12.6. The fourth-order valence-electron chi connectivity index (χ4n) is 4.83. The number of nitrogens with two attached hydrogens (primary N) is 1. The molecule has 12 nitrogen and oxygen atoms in total. The number of hydrogen-bond acceptors (Lipinski definition) is 9. The molecule has 5 heterocycles. The summed E-state index contributed by atoms with van der Waals surface area (Å²) in [5.41, 5.74) is 11.3. The fourth-order valence-corrected chi connectivity index (χ4v) is 4.83. The monoisotopic (exact) mass is 521 g/mol. The smallest absolute Gasteiger partial charge is 0.353 e. The zero-order chi connectivity index (χ0) is 27.1. The molecule has 0 spiro atoms. The van der Waals surface area contributed by atoms with Gasteiger partial charge in [-0.3, -0.25) is 9.38 Å². The minimum Gasteiger partial charge on any atom is -0.369 e. The summed E-state index contributed by atoms with van der Waals surface area (Å²) >= 11 is 0. The average Bonchev–Trinajstić information content (AvgIpc) is 3.50. The van der Waals surface area contributed by atoms with Crippen LogP contribution < -0.4 is 16.7 Å². The number of aromatic nitrogens is 9. The van der Waals surface area contributed by atoms with Crippen LogP contribution in [0.4, 0.5) is 5.95 Å². The molecular formula is C27H27N11O. The summed E-state index contributed by atoms with van der Waals surface area (Å²) in [4.78, 5) is 26.9. The SMILES string of the molecule is Cc1cc(-c2c(-c3ccccc3)nc(N)n3c(=O)n(CCNC(C)c4nnc5ncccn45)nc23)cc(C)n1. The molecule has 0 fully saturated rings. The molecule has 0 bridgehead atoms. The number of nitrogens with one attached hydrogen (secondary N) is 1. The Morgan fingerprint density at radius 3 is 2.54 bits per heavy atom. The van der Waals surface area contributed by atoms with Crippen LogP contribution in [0.3, 0.4) is 0 Å². The van der Waals surface area contributed by atoms with Gasteiger partial charge in [0.15, 0.2) is 11.5 Å². The van der Waals surface area contributed by atoms with E-state index >= 15 is 0 Å². The Morgan fingerprint density at radius 2 is 1.77 bits per heavy atom. The quantitative estimate of drug-likeness (QED) is 0.324. The van der Waals surface area contributed by atoms with E-state index in [9.17, 15) is 4.79 Å². The van der Waals surface area contributed by atoms with Crippen molar-refractivity contribution in [3.05, 3.63) is 88.6 Å². The predicted molar refractivity (Wildman–Crippen MR) is 147 cm³/mol. The van der Waals surface area contributed by atoms with E-state index in [4.69, 9.17) is 10.8 Å². The van der Waals surface area contributed by atoms with Gasteiger partial charge in [-0.25, -0.2) is 23.8 Å². The maximum Gasteiger partial charge on any atom is 0.353 e. The number of nitrogen functional groups attached to an aromatic ring is 1. The zero-order valence-electron chi connectivity index (χ0n) is 21.8. The Labute approximate surface area is 223 Å². The maximum atomic E-state index is 13.5. The van der Waals surface area contributed by atoms with Crippen molar-refractivity contribution in [2.45, 2.75) is 33.4 Å². The number of rotatable bonds is 7. The Morgan fingerprint density at radius 1 is 1.00 bits per heavy atom.